The normalized spacial score (nSPS) is 9.57. The Kier molecular flexibility index (Phi) is 3.03. The molecule has 0 saturated heterocycles. The van der Waals surface area contributed by atoms with E-state index in [1.165, 1.54) is 12.1 Å². The highest BCUT2D eigenvalue weighted by atomic mass is 35.5. The Morgan fingerprint density at radius 3 is 2.64 bits per heavy atom. The molecule has 0 radical (unpaired) electrons. The molecule has 1 aromatic carbocycles. The highest BCUT2D eigenvalue weighted by Crippen LogP contribution is 2.30. The number of nitrogens with two attached hydrogens (primary N) is 1. The lowest BCUT2D eigenvalue weighted by Crippen LogP contribution is -2.08. The monoisotopic (exact) mass is 215 g/mol. The highest BCUT2D eigenvalue weighted by Gasteiger charge is 2.07. The molecular weight excluding hydrogens is 206 g/mol. The maximum atomic E-state index is 10.4. The van der Waals surface area contributed by atoms with E-state index in [0.717, 1.165) is 0 Å². The van der Waals surface area contributed by atoms with Crippen molar-refractivity contribution in [1.29, 1.82) is 0 Å². The smallest absolute Gasteiger partial charge is 0.409 e. The summed E-state index contributed by atoms with van der Waals surface area (Å²) >= 11 is 5.77. The zero-order chi connectivity index (χ0) is 10.7. The minimum atomic E-state index is -1.17. The van der Waals surface area contributed by atoms with Crippen LogP contribution in [-0.4, -0.2) is 18.2 Å². The Bertz CT molecular complexity index is 368. The van der Waals surface area contributed by atoms with Gasteiger partial charge in [0.05, 0.1) is 22.1 Å². The van der Waals surface area contributed by atoms with Crippen LogP contribution in [0.15, 0.2) is 12.1 Å². The topological polar surface area (TPSA) is 87.4 Å². The largest absolute Gasteiger partial charge is 0.465 e. The first-order chi connectivity index (χ1) is 6.54. The molecule has 0 fully saturated rings. The molecule has 76 valence electrons. The van der Waals surface area contributed by atoms with Crippen molar-refractivity contribution in [3.05, 3.63) is 17.2 Å². The Balaban J connectivity index is 3.10. The number of anilines is 3. The molecule has 0 aromatic heterocycles. The second-order valence-corrected chi connectivity index (χ2v) is 3.01. The van der Waals surface area contributed by atoms with Crippen LogP contribution in [-0.2, 0) is 0 Å². The summed E-state index contributed by atoms with van der Waals surface area (Å²) in [4.78, 5) is 10.4. The number of carbonyl (C=O) groups is 1. The minimum Gasteiger partial charge on any atom is -0.465 e. The zero-order valence-electron chi connectivity index (χ0n) is 7.47. The maximum absolute atomic E-state index is 10.4. The Morgan fingerprint density at radius 1 is 1.50 bits per heavy atom. The van der Waals surface area contributed by atoms with Crippen LogP contribution in [0.4, 0.5) is 21.9 Å². The van der Waals surface area contributed by atoms with Gasteiger partial charge >= 0.3 is 6.09 Å². The number of carboxylic acid groups (broad SMARTS) is 1. The predicted octanol–water partition coefficient (Wildman–Crippen LogP) is 2.05. The fourth-order valence-corrected chi connectivity index (χ4v) is 1.24. The quantitative estimate of drug-likeness (QED) is 0.569. The van der Waals surface area contributed by atoms with E-state index in [9.17, 15) is 4.79 Å². The van der Waals surface area contributed by atoms with Crippen molar-refractivity contribution in [2.24, 2.45) is 0 Å². The summed E-state index contributed by atoms with van der Waals surface area (Å²) < 4.78 is 0. The molecule has 0 aliphatic rings. The third-order valence-electron chi connectivity index (χ3n) is 1.65. The van der Waals surface area contributed by atoms with Crippen LogP contribution in [0, 0.1) is 0 Å². The van der Waals surface area contributed by atoms with Crippen molar-refractivity contribution in [2.75, 3.05) is 23.4 Å². The van der Waals surface area contributed by atoms with Gasteiger partial charge in [0.15, 0.2) is 0 Å². The maximum Gasteiger partial charge on any atom is 0.409 e. The predicted molar refractivity (Wildman–Crippen MR) is 57.1 cm³/mol. The molecule has 1 amide bonds. The van der Waals surface area contributed by atoms with Crippen molar-refractivity contribution in [2.45, 2.75) is 0 Å². The summed E-state index contributed by atoms with van der Waals surface area (Å²) in [5.74, 6) is 0. The SMILES string of the molecule is CNc1cc(NC(=O)O)c(Cl)cc1N. The highest BCUT2D eigenvalue weighted by molar-refractivity contribution is 6.34. The molecule has 0 spiro atoms. The van der Waals surface area contributed by atoms with Crippen molar-refractivity contribution in [3.8, 4) is 0 Å². The number of amides is 1. The number of hydrogen-bond acceptors (Lipinski definition) is 3. The summed E-state index contributed by atoms with van der Waals surface area (Å²) in [7, 11) is 1.68. The van der Waals surface area contributed by atoms with Crippen LogP contribution in [0.5, 0.6) is 0 Å². The molecule has 0 atom stereocenters. The molecule has 0 bridgehead atoms. The fraction of sp³-hybridized carbons (Fsp3) is 0.125. The van der Waals surface area contributed by atoms with Crippen LogP contribution >= 0.6 is 11.6 Å². The molecule has 0 unspecified atom stereocenters. The number of benzene rings is 1. The van der Waals surface area contributed by atoms with Gasteiger partial charge in [-0.15, -0.1) is 0 Å². The minimum absolute atomic E-state index is 0.268. The number of nitrogens with one attached hydrogen (secondary N) is 2. The van der Waals surface area contributed by atoms with E-state index < -0.39 is 6.09 Å². The molecule has 0 aliphatic heterocycles. The van der Waals surface area contributed by atoms with Gasteiger partial charge in [-0.25, -0.2) is 4.79 Å². The number of halogens is 1. The molecule has 5 nitrogen and oxygen atoms in total. The van der Waals surface area contributed by atoms with Gasteiger partial charge in [0.2, 0.25) is 0 Å². The van der Waals surface area contributed by atoms with E-state index in [4.69, 9.17) is 22.4 Å². The van der Waals surface area contributed by atoms with Gasteiger partial charge < -0.3 is 16.2 Å². The first-order valence-corrected chi connectivity index (χ1v) is 4.19. The van der Waals surface area contributed by atoms with Crippen LogP contribution in [0.1, 0.15) is 0 Å². The fourth-order valence-electron chi connectivity index (χ4n) is 1.02. The van der Waals surface area contributed by atoms with Crippen molar-refractivity contribution >= 4 is 34.8 Å². The van der Waals surface area contributed by atoms with Crippen molar-refractivity contribution in [3.63, 3.8) is 0 Å². The lowest BCUT2D eigenvalue weighted by Gasteiger charge is -2.09. The lowest BCUT2D eigenvalue weighted by atomic mass is 10.2. The molecule has 0 saturated carbocycles. The van der Waals surface area contributed by atoms with Gasteiger partial charge in [-0.2, -0.15) is 0 Å². The van der Waals surface area contributed by atoms with E-state index in [1.807, 2.05) is 0 Å². The van der Waals surface area contributed by atoms with E-state index >= 15 is 0 Å². The molecular formula is C8H10ClN3O2. The molecule has 5 N–H and O–H groups in total. The number of rotatable bonds is 2. The van der Waals surface area contributed by atoms with Gasteiger partial charge in [-0.3, -0.25) is 5.32 Å². The van der Waals surface area contributed by atoms with Gasteiger partial charge in [0.1, 0.15) is 0 Å². The van der Waals surface area contributed by atoms with Crippen LogP contribution < -0.4 is 16.4 Å². The molecule has 0 aliphatic carbocycles. The Morgan fingerprint density at radius 2 is 2.14 bits per heavy atom. The number of hydrogen-bond donors (Lipinski definition) is 4. The van der Waals surface area contributed by atoms with Gasteiger partial charge in [0.25, 0.3) is 0 Å². The van der Waals surface area contributed by atoms with Gasteiger partial charge in [0, 0.05) is 7.05 Å². The summed E-state index contributed by atoms with van der Waals surface area (Å²) in [6.45, 7) is 0. The molecule has 6 heteroatoms. The Labute approximate surface area is 85.9 Å². The van der Waals surface area contributed by atoms with E-state index in [1.54, 1.807) is 7.05 Å². The molecule has 1 rings (SSSR count). The Hall–Kier alpha value is -1.62. The van der Waals surface area contributed by atoms with Gasteiger partial charge in [-0.1, -0.05) is 11.6 Å². The summed E-state index contributed by atoms with van der Waals surface area (Å²) in [5.41, 5.74) is 7.00. The average Bonchev–Trinajstić information content (AvgIpc) is 2.09. The second kappa shape index (κ2) is 4.06. The molecule has 1 aromatic rings. The van der Waals surface area contributed by atoms with Crippen LogP contribution in [0.25, 0.3) is 0 Å². The first-order valence-electron chi connectivity index (χ1n) is 3.81. The van der Waals surface area contributed by atoms with Crippen LogP contribution in [0.3, 0.4) is 0 Å². The molecule has 0 heterocycles. The van der Waals surface area contributed by atoms with E-state index in [-0.39, 0.29) is 5.02 Å². The third-order valence-corrected chi connectivity index (χ3v) is 1.96. The van der Waals surface area contributed by atoms with Gasteiger partial charge in [-0.05, 0) is 12.1 Å². The zero-order valence-corrected chi connectivity index (χ0v) is 8.22. The third kappa shape index (κ3) is 2.20. The first kappa shape index (κ1) is 10.5. The van der Waals surface area contributed by atoms with E-state index in [0.29, 0.717) is 17.1 Å². The number of nitrogen functional groups attached to an aromatic ring is 1. The standard InChI is InChI=1S/C8H10ClN3O2/c1-11-7-3-6(12-8(13)14)4(9)2-5(7)10/h2-3,11-12H,10H2,1H3,(H,13,14). The second-order valence-electron chi connectivity index (χ2n) is 2.60. The van der Waals surface area contributed by atoms with Crippen molar-refractivity contribution < 1.29 is 9.90 Å². The van der Waals surface area contributed by atoms with E-state index in [2.05, 4.69) is 10.6 Å². The average molecular weight is 216 g/mol. The summed E-state index contributed by atoms with van der Waals surface area (Å²) in [6, 6.07) is 3.02. The summed E-state index contributed by atoms with van der Waals surface area (Å²) in [6.07, 6.45) is -1.17. The van der Waals surface area contributed by atoms with Crippen molar-refractivity contribution in [1.82, 2.24) is 0 Å². The summed E-state index contributed by atoms with van der Waals surface area (Å²) in [5, 5.41) is 13.8. The lowest BCUT2D eigenvalue weighted by molar-refractivity contribution is 0.210. The molecule has 14 heavy (non-hydrogen) atoms. The van der Waals surface area contributed by atoms with Crippen LogP contribution in [0.2, 0.25) is 5.02 Å².